The molecule has 0 aliphatic heterocycles. The predicted octanol–water partition coefficient (Wildman–Crippen LogP) is -1.17. The Bertz CT molecular complexity index is 247. The molecule has 2 atom stereocenters. The molecule has 0 fully saturated rings. The summed E-state index contributed by atoms with van der Waals surface area (Å²) in [4.78, 5) is 22.3. The Labute approximate surface area is 100 Å². The van der Waals surface area contributed by atoms with Crippen LogP contribution < -0.4 is 10.6 Å². The second-order valence-electron chi connectivity index (χ2n) is 3.52. The molecule has 0 heterocycles. The molecule has 0 bridgehead atoms. The van der Waals surface area contributed by atoms with Crippen molar-refractivity contribution in [2.24, 2.45) is 0 Å². The number of ether oxygens (including phenoxy) is 2. The number of aliphatic carboxylic acids is 1. The van der Waals surface area contributed by atoms with Gasteiger partial charge in [-0.3, -0.25) is 14.9 Å². The molecule has 7 heteroatoms. The van der Waals surface area contributed by atoms with E-state index >= 15 is 0 Å². The van der Waals surface area contributed by atoms with Gasteiger partial charge in [-0.15, -0.1) is 0 Å². The van der Waals surface area contributed by atoms with Crippen LogP contribution in [-0.2, 0) is 19.1 Å². The first-order valence-electron chi connectivity index (χ1n) is 5.27. The molecule has 2 unspecified atom stereocenters. The van der Waals surface area contributed by atoms with E-state index in [0.717, 1.165) is 0 Å². The highest BCUT2D eigenvalue weighted by atomic mass is 16.5. The molecule has 0 aromatic carbocycles. The number of carbonyl (C=O) groups is 2. The van der Waals surface area contributed by atoms with Gasteiger partial charge in [-0.1, -0.05) is 0 Å². The van der Waals surface area contributed by atoms with E-state index in [1.165, 1.54) is 14.2 Å². The molecule has 0 radical (unpaired) electrons. The van der Waals surface area contributed by atoms with E-state index in [0.29, 0.717) is 13.2 Å². The van der Waals surface area contributed by atoms with Crippen molar-refractivity contribution in [3.8, 4) is 0 Å². The van der Waals surface area contributed by atoms with Crippen molar-refractivity contribution in [3.63, 3.8) is 0 Å². The molecule has 0 aromatic rings. The molecule has 7 nitrogen and oxygen atoms in total. The van der Waals surface area contributed by atoms with Gasteiger partial charge in [-0.05, 0) is 6.92 Å². The monoisotopic (exact) mass is 248 g/mol. The van der Waals surface area contributed by atoms with Gasteiger partial charge in [0, 0.05) is 20.8 Å². The summed E-state index contributed by atoms with van der Waals surface area (Å²) in [6.45, 7) is 2.40. The molecule has 3 N–H and O–H groups in total. The van der Waals surface area contributed by atoms with Gasteiger partial charge >= 0.3 is 5.97 Å². The van der Waals surface area contributed by atoms with Crippen LogP contribution in [0.15, 0.2) is 0 Å². The molecule has 17 heavy (non-hydrogen) atoms. The van der Waals surface area contributed by atoms with Gasteiger partial charge in [0.1, 0.15) is 6.04 Å². The Morgan fingerprint density at radius 1 is 1.29 bits per heavy atom. The van der Waals surface area contributed by atoms with Crippen molar-refractivity contribution < 1.29 is 24.2 Å². The van der Waals surface area contributed by atoms with Gasteiger partial charge in [0.05, 0.1) is 19.3 Å². The fourth-order valence-corrected chi connectivity index (χ4v) is 1.16. The highest BCUT2D eigenvalue weighted by Gasteiger charge is 2.22. The second kappa shape index (κ2) is 8.91. The number of hydrogen-bond acceptors (Lipinski definition) is 5. The predicted molar refractivity (Wildman–Crippen MR) is 60.8 cm³/mol. The summed E-state index contributed by atoms with van der Waals surface area (Å²) in [6, 6.07) is -1.51. The molecule has 0 saturated carbocycles. The van der Waals surface area contributed by atoms with Crippen molar-refractivity contribution in [3.05, 3.63) is 0 Å². The third-order valence-corrected chi connectivity index (χ3v) is 2.08. The number of nitrogens with one attached hydrogen (secondary N) is 2. The van der Waals surface area contributed by atoms with E-state index in [1.54, 1.807) is 6.92 Å². The molecular formula is C10H20N2O5. The van der Waals surface area contributed by atoms with Gasteiger partial charge in [0.2, 0.25) is 5.91 Å². The molecule has 0 aromatic heterocycles. The zero-order valence-electron chi connectivity index (χ0n) is 10.4. The number of carbonyl (C=O) groups excluding carboxylic acids is 1. The highest BCUT2D eigenvalue weighted by molar-refractivity contribution is 5.82. The third kappa shape index (κ3) is 6.88. The Morgan fingerprint density at radius 3 is 2.41 bits per heavy atom. The van der Waals surface area contributed by atoms with E-state index in [4.69, 9.17) is 14.6 Å². The molecule has 0 aliphatic rings. The first kappa shape index (κ1) is 15.8. The number of rotatable bonds is 9. The van der Waals surface area contributed by atoms with Gasteiger partial charge < -0.3 is 19.9 Å². The van der Waals surface area contributed by atoms with E-state index in [1.807, 2.05) is 0 Å². The Morgan fingerprint density at radius 2 is 1.94 bits per heavy atom. The summed E-state index contributed by atoms with van der Waals surface area (Å²) in [5, 5.41) is 14.1. The normalized spacial score (nSPS) is 14.1. The molecule has 0 spiro atoms. The summed E-state index contributed by atoms with van der Waals surface area (Å²) in [5.41, 5.74) is 0. The summed E-state index contributed by atoms with van der Waals surface area (Å²) in [6.07, 6.45) is 0. The van der Waals surface area contributed by atoms with Crippen molar-refractivity contribution in [2.45, 2.75) is 19.0 Å². The van der Waals surface area contributed by atoms with E-state index in [9.17, 15) is 9.59 Å². The fraction of sp³-hybridized carbons (Fsp3) is 0.800. The lowest BCUT2D eigenvalue weighted by atomic mass is 10.2. The van der Waals surface area contributed by atoms with Crippen molar-refractivity contribution in [1.29, 1.82) is 0 Å². The van der Waals surface area contributed by atoms with Crippen LogP contribution in [0.1, 0.15) is 6.92 Å². The minimum atomic E-state index is -1.05. The third-order valence-electron chi connectivity index (χ3n) is 2.08. The maximum atomic E-state index is 11.5. The molecule has 0 rings (SSSR count). The lowest BCUT2D eigenvalue weighted by Crippen LogP contribution is -2.51. The van der Waals surface area contributed by atoms with Crippen molar-refractivity contribution in [2.75, 3.05) is 34.0 Å². The topological polar surface area (TPSA) is 96.9 Å². The molecule has 1 amide bonds. The summed E-state index contributed by atoms with van der Waals surface area (Å²) in [5.74, 6) is -1.33. The Balaban J connectivity index is 4.06. The average Bonchev–Trinajstić information content (AvgIpc) is 2.28. The standard InChI is InChI=1S/C10H20N2O5/c1-7(9(13)11-4-5-16-2)12-8(6-17-3)10(14)15/h7-8,12H,4-6H2,1-3H3,(H,11,13)(H,14,15). The van der Waals surface area contributed by atoms with E-state index in [-0.39, 0.29) is 12.5 Å². The number of carboxylic acid groups (broad SMARTS) is 1. The fourth-order valence-electron chi connectivity index (χ4n) is 1.16. The Kier molecular flexibility index (Phi) is 8.29. The van der Waals surface area contributed by atoms with Gasteiger partial charge in [-0.2, -0.15) is 0 Å². The molecule has 100 valence electrons. The molecule has 0 aliphatic carbocycles. The second-order valence-corrected chi connectivity index (χ2v) is 3.52. The van der Waals surface area contributed by atoms with Crippen LogP contribution in [-0.4, -0.2) is 63.0 Å². The maximum absolute atomic E-state index is 11.5. The van der Waals surface area contributed by atoms with Crippen molar-refractivity contribution in [1.82, 2.24) is 10.6 Å². The zero-order valence-corrected chi connectivity index (χ0v) is 10.4. The van der Waals surface area contributed by atoms with Crippen LogP contribution in [0.3, 0.4) is 0 Å². The highest BCUT2D eigenvalue weighted by Crippen LogP contribution is 1.91. The smallest absolute Gasteiger partial charge is 0.323 e. The van der Waals surface area contributed by atoms with Crippen LogP contribution >= 0.6 is 0 Å². The number of amides is 1. The van der Waals surface area contributed by atoms with Gasteiger partial charge in [-0.25, -0.2) is 0 Å². The zero-order chi connectivity index (χ0) is 13.3. The summed E-state index contributed by atoms with van der Waals surface area (Å²) in [7, 11) is 2.94. The maximum Gasteiger partial charge on any atom is 0.323 e. The largest absolute Gasteiger partial charge is 0.480 e. The number of carboxylic acids is 1. The minimum Gasteiger partial charge on any atom is -0.480 e. The van der Waals surface area contributed by atoms with Crippen LogP contribution in [0, 0.1) is 0 Å². The summed E-state index contributed by atoms with van der Waals surface area (Å²) < 4.78 is 9.53. The van der Waals surface area contributed by atoms with Crippen LogP contribution in [0.2, 0.25) is 0 Å². The first-order valence-corrected chi connectivity index (χ1v) is 5.27. The summed E-state index contributed by atoms with van der Waals surface area (Å²) >= 11 is 0. The first-order chi connectivity index (χ1) is 8.02. The number of hydrogen-bond donors (Lipinski definition) is 3. The van der Waals surface area contributed by atoms with Crippen molar-refractivity contribution >= 4 is 11.9 Å². The molecular weight excluding hydrogens is 228 g/mol. The quantitative estimate of drug-likeness (QED) is 0.445. The van der Waals surface area contributed by atoms with Gasteiger partial charge in [0.25, 0.3) is 0 Å². The lowest BCUT2D eigenvalue weighted by molar-refractivity contribution is -0.141. The SMILES string of the molecule is COCCNC(=O)C(C)NC(COC)C(=O)O. The lowest BCUT2D eigenvalue weighted by Gasteiger charge is -2.19. The average molecular weight is 248 g/mol. The van der Waals surface area contributed by atoms with E-state index < -0.39 is 18.1 Å². The number of methoxy groups -OCH3 is 2. The van der Waals surface area contributed by atoms with Gasteiger partial charge in [0.15, 0.2) is 0 Å². The van der Waals surface area contributed by atoms with Crippen LogP contribution in [0.5, 0.6) is 0 Å². The van der Waals surface area contributed by atoms with Crippen LogP contribution in [0.25, 0.3) is 0 Å². The molecule has 0 saturated heterocycles. The van der Waals surface area contributed by atoms with Crippen LogP contribution in [0.4, 0.5) is 0 Å². The Hall–Kier alpha value is -1.18. The van der Waals surface area contributed by atoms with E-state index in [2.05, 4.69) is 10.6 Å². The minimum absolute atomic E-state index is 0.00498.